The van der Waals surface area contributed by atoms with Gasteiger partial charge in [0.25, 0.3) is 0 Å². The fourth-order valence-corrected chi connectivity index (χ4v) is 4.39. The maximum Gasteiger partial charge on any atom is 0.227 e. The Morgan fingerprint density at radius 2 is 2.28 bits per heavy atom. The second kappa shape index (κ2) is 5.04. The molecule has 1 heterocycles. The van der Waals surface area contributed by atoms with Gasteiger partial charge in [-0.25, -0.2) is 0 Å². The Balaban J connectivity index is 1.67. The van der Waals surface area contributed by atoms with Crippen LogP contribution < -0.4 is 5.32 Å². The van der Waals surface area contributed by atoms with Crippen molar-refractivity contribution >= 4 is 17.2 Å². The van der Waals surface area contributed by atoms with Gasteiger partial charge >= 0.3 is 0 Å². The Morgan fingerprint density at radius 3 is 3.06 bits per heavy atom. The van der Waals surface area contributed by atoms with Crippen molar-refractivity contribution in [2.75, 3.05) is 0 Å². The summed E-state index contributed by atoms with van der Waals surface area (Å²) in [5, 5.41) is 5.41. The molecule has 3 atom stereocenters. The third-order valence-corrected chi connectivity index (χ3v) is 5.41. The summed E-state index contributed by atoms with van der Waals surface area (Å²) in [6.45, 7) is 2.28. The summed E-state index contributed by atoms with van der Waals surface area (Å²) in [6, 6.07) is 2.58. The molecule has 1 fully saturated rings. The molecule has 3 unspecified atom stereocenters. The van der Waals surface area contributed by atoms with Crippen LogP contribution >= 0.6 is 11.3 Å². The molecular formula is C15H21NOS. The third kappa shape index (κ3) is 2.33. The Bertz CT molecular complexity index is 439. The molecule has 1 saturated carbocycles. The number of thiophene rings is 1. The Morgan fingerprint density at radius 1 is 1.39 bits per heavy atom. The molecule has 2 aliphatic rings. The maximum absolute atomic E-state index is 12.4. The van der Waals surface area contributed by atoms with Gasteiger partial charge in [0.2, 0.25) is 5.91 Å². The molecule has 2 aliphatic carbocycles. The molecule has 0 aliphatic heterocycles. The van der Waals surface area contributed by atoms with Gasteiger partial charge in [-0.3, -0.25) is 4.79 Å². The van der Waals surface area contributed by atoms with Crippen LogP contribution in [0.15, 0.2) is 11.4 Å². The van der Waals surface area contributed by atoms with Crippen LogP contribution in [0.4, 0.5) is 0 Å². The van der Waals surface area contributed by atoms with Gasteiger partial charge in [0.15, 0.2) is 0 Å². The largest absolute Gasteiger partial charge is 0.353 e. The monoisotopic (exact) mass is 263 g/mol. The molecule has 0 radical (unpaired) electrons. The van der Waals surface area contributed by atoms with Gasteiger partial charge in [0.1, 0.15) is 0 Å². The van der Waals surface area contributed by atoms with Gasteiger partial charge in [-0.1, -0.05) is 6.92 Å². The minimum absolute atomic E-state index is 0.121. The molecule has 3 rings (SSSR count). The fourth-order valence-electron chi connectivity index (χ4n) is 3.40. The number of nitrogens with one attached hydrogen (secondary N) is 1. The van der Waals surface area contributed by atoms with Crippen LogP contribution in [0.25, 0.3) is 0 Å². The lowest BCUT2D eigenvalue weighted by molar-refractivity contribution is -0.123. The first kappa shape index (κ1) is 12.2. The van der Waals surface area contributed by atoms with Gasteiger partial charge in [0.05, 0.1) is 5.92 Å². The fraction of sp³-hybridized carbons (Fsp3) is 0.667. The lowest BCUT2D eigenvalue weighted by Crippen LogP contribution is -2.37. The minimum Gasteiger partial charge on any atom is -0.353 e. The van der Waals surface area contributed by atoms with Crippen LogP contribution in [0, 0.1) is 5.92 Å². The molecule has 3 heteroatoms. The predicted octanol–water partition coefficient (Wildman–Crippen LogP) is 3.47. The highest BCUT2D eigenvalue weighted by atomic mass is 32.1. The average molecular weight is 263 g/mol. The van der Waals surface area contributed by atoms with E-state index in [0.717, 1.165) is 38.0 Å². The van der Waals surface area contributed by atoms with Crippen molar-refractivity contribution < 1.29 is 4.79 Å². The summed E-state index contributed by atoms with van der Waals surface area (Å²) in [5.41, 5.74) is 1.30. The molecule has 18 heavy (non-hydrogen) atoms. The summed E-state index contributed by atoms with van der Waals surface area (Å²) in [7, 11) is 0. The van der Waals surface area contributed by atoms with Crippen molar-refractivity contribution in [1.82, 2.24) is 5.32 Å². The molecule has 0 bridgehead atoms. The summed E-state index contributed by atoms with van der Waals surface area (Å²) in [4.78, 5) is 13.8. The van der Waals surface area contributed by atoms with E-state index in [1.807, 2.05) is 11.3 Å². The van der Waals surface area contributed by atoms with Crippen molar-refractivity contribution in [3.05, 3.63) is 21.9 Å². The quantitative estimate of drug-likeness (QED) is 0.869. The Hall–Kier alpha value is -0.830. The van der Waals surface area contributed by atoms with Crippen molar-refractivity contribution in [1.29, 1.82) is 0 Å². The molecular weight excluding hydrogens is 242 g/mol. The zero-order chi connectivity index (χ0) is 12.5. The zero-order valence-electron chi connectivity index (χ0n) is 10.9. The van der Waals surface area contributed by atoms with Crippen molar-refractivity contribution in [2.24, 2.45) is 5.92 Å². The third-order valence-electron chi connectivity index (χ3n) is 4.41. The van der Waals surface area contributed by atoms with E-state index in [9.17, 15) is 4.79 Å². The highest BCUT2D eigenvalue weighted by Crippen LogP contribution is 2.35. The van der Waals surface area contributed by atoms with Gasteiger partial charge in [-0.15, -0.1) is 11.3 Å². The molecule has 0 spiro atoms. The number of rotatable bonds is 2. The Kier molecular flexibility index (Phi) is 3.42. The van der Waals surface area contributed by atoms with Crippen LogP contribution in [0.1, 0.15) is 55.4 Å². The summed E-state index contributed by atoms with van der Waals surface area (Å²) < 4.78 is 0. The lowest BCUT2D eigenvalue weighted by Gasteiger charge is -2.23. The second-order valence-electron chi connectivity index (χ2n) is 5.87. The van der Waals surface area contributed by atoms with Gasteiger partial charge < -0.3 is 5.32 Å². The van der Waals surface area contributed by atoms with Gasteiger partial charge in [-0.05, 0) is 61.5 Å². The molecule has 0 saturated heterocycles. The van der Waals surface area contributed by atoms with Crippen LogP contribution in [0.2, 0.25) is 0 Å². The number of carbonyl (C=O) groups is 1. The number of hydrogen-bond acceptors (Lipinski definition) is 2. The summed E-state index contributed by atoms with van der Waals surface area (Å²) in [5.74, 6) is 1.17. The lowest BCUT2D eigenvalue weighted by atomic mass is 9.87. The van der Waals surface area contributed by atoms with E-state index in [1.54, 1.807) is 0 Å². The van der Waals surface area contributed by atoms with Gasteiger partial charge in [-0.2, -0.15) is 0 Å². The molecule has 1 N–H and O–H groups in total. The highest BCUT2D eigenvalue weighted by molar-refractivity contribution is 7.10. The molecule has 1 amide bonds. The van der Waals surface area contributed by atoms with Crippen LogP contribution in [0.5, 0.6) is 0 Å². The SMILES string of the molecule is CC1CCC(NC(=O)C2CCCc3sccc32)C1. The first-order chi connectivity index (χ1) is 8.74. The first-order valence-corrected chi connectivity index (χ1v) is 7.98. The number of hydrogen-bond donors (Lipinski definition) is 1. The van der Waals surface area contributed by atoms with Gasteiger partial charge in [0, 0.05) is 10.9 Å². The smallest absolute Gasteiger partial charge is 0.227 e. The molecule has 1 aromatic rings. The van der Waals surface area contributed by atoms with E-state index in [0.29, 0.717) is 6.04 Å². The number of fused-ring (bicyclic) bond motifs is 1. The summed E-state index contributed by atoms with van der Waals surface area (Å²) >= 11 is 1.81. The average Bonchev–Trinajstić information content (AvgIpc) is 2.97. The maximum atomic E-state index is 12.4. The Labute approximate surface area is 113 Å². The standard InChI is InChI=1S/C15H21NOS/c1-10-5-6-11(9-10)16-15(17)13-3-2-4-14-12(13)7-8-18-14/h7-8,10-11,13H,2-6,9H2,1H3,(H,16,17). The van der Waals surface area contributed by atoms with Crippen LogP contribution in [0.3, 0.4) is 0 Å². The number of amides is 1. The van der Waals surface area contributed by atoms with E-state index in [4.69, 9.17) is 0 Å². The van der Waals surface area contributed by atoms with Crippen molar-refractivity contribution in [3.63, 3.8) is 0 Å². The van der Waals surface area contributed by atoms with E-state index in [2.05, 4.69) is 23.7 Å². The number of aryl methyl sites for hydroxylation is 1. The zero-order valence-corrected chi connectivity index (χ0v) is 11.8. The normalized spacial score (nSPS) is 31.1. The summed E-state index contributed by atoms with van der Waals surface area (Å²) in [6.07, 6.45) is 6.94. The van der Waals surface area contributed by atoms with E-state index in [-0.39, 0.29) is 11.8 Å². The minimum atomic E-state index is 0.121. The van der Waals surface area contributed by atoms with Crippen LogP contribution in [-0.2, 0) is 11.2 Å². The van der Waals surface area contributed by atoms with E-state index in [1.165, 1.54) is 16.9 Å². The van der Waals surface area contributed by atoms with E-state index >= 15 is 0 Å². The second-order valence-corrected chi connectivity index (χ2v) is 6.87. The molecule has 1 aromatic heterocycles. The molecule has 0 aromatic carbocycles. The van der Waals surface area contributed by atoms with Crippen molar-refractivity contribution in [3.8, 4) is 0 Å². The van der Waals surface area contributed by atoms with Crippen LogP contribution in [-0.4, -0.2) is 11.9 Å². The topological polar surface area (TPSA) is 29.1 Å². The van der Waals surface area contributed by atoms with E-state index < -0.39 is 0 Å². The number of carbonyl (C=O) groups excluding carboxylic acids is 1. The molecule has 98 valence electrons. The highest BCUT2D eigenvalue weighted by Gasteiger charge is 2.30. The molecule has 2 nitrogen and oxygen atoms in total. The first-order valence-electron chi connectivity index (χ1n) is 7.10. The van der Waals surface area contributed by atoms with Crippen molar-refractivity contribution in [2.45, 2.75) is 57.4 Å². The predicted molar refractivity (Wildman–Crippen MR) is 74.9 cm³/mol.